The zero-order valence-corrected chi connectivity index (χ0v) is 15.1. The number of carbonyl (C=O) groups excluding carboxylic acids is 1. The molecule has 0 spiro atoms. The van der Waals surface area contributed by atoms with Crippen LogP contribution in [-0.2, 0) is 4.74 Å². The summed E-state index contributed by atoms with van der Waals surface area (Å²) in [5.41, 5.74) is 0.926. The van der Waals surface area contributed by atoms with E-state index in [1.54, 1.807) is 12.4 Å². The first-order chi connectivity index (χ1) is 12.2. The molecule has 4 heterocycles. The average Bonchev–Trinajstić information content (AvgIpc) is 3.26. The van der Waals surface area contributed by atoms with Crippen molar-refractivity contribution in [3.63, 3.8) is 0 Å². The van der Waals surface area contributed by atoms with Gasteiger partial charge in [-0.15, -0.1) is 11.3 Å². The lowest BCUT2D eigenvalue weighted by Gasteiger charge is -2.43. The predicted molar refractivity (Wildman–Crippen MR) is 96.1 cm³/mol. The van der Waals surface area contributed by atoms with E-state index in [1.807, 2.05) is 35.4 Å². The number of aryl methyl sites for hydroxylation is 1. The summed E-state index contributed by atoms with van der Waals surface area (Å²) in [6, 6.07) is 5.78. The fourth-order valence-corrected chi connectivity index (χ4v) is 4.72. The molecule has 0 saturated carbocycles. The Bertz CT molecular complexity index is 748. The zero-order valence-electron chi connectivity index (χ0n) is 14.3. The number of carbonyl (C=O) groups is 1. The van der Waals surface area contributed by atoms with Gasteiger partial charge < -0.3 is 14.4 Å². The Morgan fingerprint density at radius 2 is 2.44 bits per heavy atom. The van der Waals surface area contributed by atoms with Gasteiger partial charge in [0.05, 0.1) is 29.2 Å². The van der Waals surface area contributed by atoms with E-state index in [9.17, 15) is 4.79 Å². The molecule has 5 nitrogen and oxygen atoms in total. The first-order valence-electron chi connectivity index (χ1n) is 8.66. The summed E-state index contributed by atoms with van der Waals surface area (Å²) in [5.74, 6) is 0.902. The van der Waals surface area contributed by atoms with E-state index in [0.717, 1.165) is 42.2 Å². The number of ether oxygens (including phenoxy) is 2. The van der Waals surface area contributed by atoms with Crippen LogP contribution in [0.15, 0.2) is 36.0 Å². The Hall–Kier alpha value is -1.92. The summed E-state index contributed by atoms with van der Waals surface area (Å²) < 4.78 is 12.0. The average molecular weight is 358 g/mol. The molecule has 0 radical (unpaired) electrons. The molecule has 1 amide bonds. The minimum Gasteiger partial charge on any atom is -0.491 e. The minimum atomic E-state index is -0.130. The third-order valence-corrected chi connectivity index (χ3v) is 6.28. The number of likely N-dealkylation sites (tertiary alicyclic amines) is 1. The number of piperidine rings is 1. The van der Waals surface area contributed by atoms with Crippen molar-refractivity contribution in [3.05, 3.63) is 46.4 Å². The maximum absolute atomic E-state index is 12.9. The Kier molecular flexibility index (Phi) is 4.48. The standard InChI is InChI=1S/C19H22N2O3S/c1-14-5-10-25-17(14)18(22)21-8-4-16-19(12-21,6-9-23-16)13-24-15-3-2-7-20-11-15/h2-3,5,7,10-11,16H,4,6,8-9,12-13H2,1H3/t16-,19+/m1/s1. The van der Waals surface area contributed by atoms with Crippen molar-refractivity contribution >= 4 is 17.2 Å². The molecule has 0 aromatic carbocycles. The molecule has 2 aliphatic rings. The Balaban J connectivity index is 1.51. The van der Waals surface area contributed by atoms with Gasteiger partial charge in [-0.05, 0) is 48.9 Å². The van der Waals surface area contributed by atoms with E-state index in [2.05, 4.69) is 4.98 Å². The third-order valence-electron chi connectivity index (χ3n) is 5.27. The molecule has 0 bridgehead atoms. The van der Waals surface area contributed by atoms with Crippen LogP contribution < -0.4 is 4.74 Å². The van der Waals surface area contributed by atoms with E-state index >= 15 is 0 Å². The number of rotatable bonds is 4. The van der Waals surface area contributed by atoms with E-state index in [4.69, 9.17) is 9.47 Å². The van der Waals surface area contributed by atoms with Crippen LogP contribution in [0.3, 0.4) is 0 Å². The molecule has 4 rings (SSSR count). The smallest absolute Gasteiger partial charge is 0.264 e. The lowest BCUT2D eigenvalue weighted by molar-refractivity contribution is -0.0325. The first-order valence-corrected chi connectivity index (χ1v) is 9.54. The summed E-state index contributed by atoms with van der Waals surface area (Å²) in [6.07, 6.45) is 5.41. The zero-order chi connectivity index (χ0) is 17.3. The molecule has 2 atom stereocenters. The second-order valence-corrected chi connectivity index (χ2v) is 7.81. The van der Waals surface area contributed by atoms with Crippen LogP contribution in [0.1, 0.15) is 28.1 Å². The van der Waals surface area contributed by atoms with E-state index < -0.39 is 0 Å². The highest BCUT2D eigenvalue weighted by Crippen LogP contribution is 2.41. The molecule has 25 heavy (non-hydrogen) atoms. The van der Waals surface area contributed by atoms with Gasteiger partial charge in [0.2, 0.25) is 0 Å². The van der Waals surface area contributed by atoms with Crippen LogP contribution in [0.4, 0.5) is 0 Å². The first kappa shape index (κ1) is 16.5. The number of thiophene rings is 1. The number of aromatic nitrogens is 1. The van der Waals surface area contributed by atoms with E-state index in [0.29, 0.717) is 13.2 Å². The fourth-order valence-electron chi connectivity index (χ4n) is 3.82. The minimum absolute atomic E-state index is 0.130. The Morgan fingerprint density at radius 3 is 3.20 bits per heavy atom. The summed E-state index contributed by atoms with van der Waals surface area (Å²) in [7, 11) is 0. The maximum atomic E-state index is 12.9. The predicted octanol–water partition coefficient (Wildman–Crippen LogP) is 3.15. The van der Waals surface area contributed by atoms with Gasteiger partial charge in [-0.2, -0.15) is 0 Å². The molecule has 6 heteroatoms. The number of nitrogens with zero attached hydrogens (tertiary/aromatic N) is 2. The molecule has 2 fully saturated rings. The number of hydrogen-bond donors (Lipinski definition) is 0. The third kappa shape index (κ3) is 3.16. The Labute approximate surface area is 151 Å². The number of pyridine rings is 1. The van der Waals surface area contributed by atoms with Gasteiger partial charge in [0.25, 0.3) is 5.91 Å². The fraction of sp³-hybridized carbons (Fsp3) is 0.474. The highest BCUT2D eigenvalue weighted by molar-refractivity contribution is 7.12. The van der Waals surface area contributed by atoms with Crippen LogP contribution in [0.5, 0.6) is 5.75 Å². The van der Waals surface area contributed by atoms with Crippen LogP contribution in [0.2, 0.25) is 0 Å². The van der Waals surface area contributed by atoms with Gasteiger partial charge in [0, 0.05) is 25.9 Å². The van der Waals surface area contributed by atoms with E-state index in [1.165, 1.54) is 11.3 Å². The van der Waals surface area contributed by atoms with Crippen LogP contribution >= 0.6 is 11.3 Å². The van der Waals surface area contributed by atoms with Crippen LogP contribution in [0.25, 0.3) is 0 Å². The molecule has 0 N–H and O–H groups in total. The van der Waals surface area contributed by atoms with Crippen LogP contribution in [-0.4, -0.2) is 48.2 Å². The molecular weight excluding hydrogens is 336 g/mol. The van der Waals surface area contributed by atoms with Crippen molar-refractivity contribution in [2.24, 2.45) is 5.41 Å². The lowest BCUT2D eigenvalue weighted by Crippen LogP contribution is -2.54. The van der Waals surface area contributed by atoms with Crippen molar-refractivity contribution in [2.75, 3.05) is 26.3 Å². The normalized spacial score (nSPS) is 25.6. The van der Waals surface area contributed by atoms with Crippen LogP contribution in [0, 0.1) is 12.3 Å². The van der Waals surface area contributed by atoms with Crippen molar-refractivity contribution in [2.45, 2.75) is 25.9 Å². The topological polar surface area (TPSA) is 51.7 Å². The molecule has 132 valence electrons. The SMILES string of the molecule is Cc1ccsc1C(=O)N1CC[C@H]2OCC[C@@]2(COc2cccnc2)C1. The lowest BCUT2D eigenvalue weighted by atomic mass is 9.77. The number of amides is 1. The quantitative estimate of drug-likeness (QED) is 0.842. The Morgan fingerprint density at radius 1 is 1.52 bits per heavy atom. The summed E-state index contributed by atoms with van der Waals surface area (Å²) in [4.78, 5) is 19.9. The van der Waals surface area contributed by atoms with Crippen molar-refractivity contribution in [1.29, 1.82) is 0 Å². The van der Waals surface area contributed by atoms with Gasteiger partial charge >= 0.3 is 0 Å². The largest absolute Gasteiger partial charge is 0.491 e. The highest BCUT2D eigenvalue weighted by Gasteiger charge is 2.49. The second kappa shape index (κ2) is 6.77. The van der Waals surface area contributed by atoms with Gasteiger partial charge in [-0.3, -0.25) is 9.78 Å². The monoisotopic (exact) mass is 358 g/mol. The van der Waals surface area contributed by atoms with Gasteiger partial charge in [0.15, 0.2) is 0 Å². The van der Waals surface area contributed by atoms with Crippen molar-refractivity contribution < 1.29 is 14.3 Å². The van der Waals surface area contributed by atoms with Gasteiger partial charge in [-0.25, -0.2) is 0 Å². The summed E-state index contributed by atoms with van der Waals surface area (Å²) in [6.45, 7) is 4.72. The summed E-state index contributed by atoms with van der Waals surface area (Å²) in [5, 5.41) is 1.98. The highest BCUT2D eigenvalue weighted by atomic mass is 32.1. The summed E-state index contributed by atoms with van der Waals surface area (Å²) >= 11 is 1.52. The molecule has 0 unspecified atom stereocenters. The molecule has 2 aromatic heterocycles. The van der Waals surface area contributed by atoms with Crippen molar-refractivity contribution in [1.82, 2.24) is 9.88 Å². The molecular formula is C19H22N2O3S. The molecule has 2 saturated heterocycles. The molecule has 0 aliphatic carbocycles. The van der Waals surface area contributed by atoms with E-state index in [-0.39, 0.29) is 17.4 Å². The maximum Gasteiger partial charge on any atom is 0.264 e. The van der Waals surface area contributed by atoms with Gasteiger partial charge in [-0.1, -0.05) is 0 Å². The second-order valence-electron chi connectivity index (χ2n) is 6.90. The number of hydrogen-bond acceptors (Lipinski definition) is 5. The molecule has 2 aromatic rings. The molecule has 2 aliphatic heterocycles. The van der Waals surface area contributed by atoms with Gasteiger partial charge in [0.1, 0.15) is 5.75 Å². The van der Waals surface area contributed by atoms with Crippen molar-refractivity contribution in [3.8, 4) is 5.75 Å². The number of fused-ring (bicyclic) bond motifs is 1.